The first-order valence-electron chi connectivity index (χ1n) is 9.64. The molecule has 0 spiro atoms. The van der Waals surface area contributed by atoms with Crippen LogP contribution in [0.2, 0.25) is 0 Å². The number of carbonyl (C=O) groups is 2. The number of hydrogen-bond acceptors (Lipinski definition) is 2. The van der Waals surface area contributed by atoms with Crippen molar-refractivity contribution < 1.29 is 18.4 Å². The topological polar surface area (TPSA) is 58.2 Å². The molecule has 2 aromatic rings. The third-order valence-electron chi connectivity index (χ3n) is 4.35. The Hall–Kier alpha value is -2.76. The van der Waals surface area contributed by atoms with Crippen LogP contribution in [0.4, 0.5) is 8.78 Å². The molecule has 0 saturated carbocycles. The zero-order chi connectivity index (χ0) is 20.2. The van der Waals surface area contributed by atoms with Crippen molar-refractivity contribution in [3.05, 3.63) is 71.3 Å². The quantitative estimate of drug-likeness (QED) is 0.558. The molecule has 2 aromatic carbocycles. The normalized spacial score (nSPS) is 10.5. The van der Waals surface area contributed by atoms with Gasteiger partial charge in [0, 0.05) is 24.2 Å². The third-order valence-corrected chi connectivity index (χ3v) is 4.35. The summed E-state index contributed by atoms with van der Waals surface area (Å²) in [5.41, 5.74) is 0.667. The van der Waals surface area contributed by atoms with Crippen LogP contribution in [0.5, 0.6) is 0 Å². The molecule has 0 aliphatic carbocycles. The standard InChI is InChI=1S/C22H26F2N2O2/c23-19-11-7-9-17(15-19)21(27)25-13-5-3-1-2-4-6-14-26-22(28)18-10-8-12-20(24)16-18/h7-12,15-16H,1-6,13-14H2,(H,25,27)(H,26,28). The van der Waals surface area contributed by atoms with Crippen molar-refractivity contribution in [3.8, 4) is 0 Å². The van der Waals surface area contributed by atoms with Crippen LogP contribution in [-0.4, -0.2) is 24.9 Å². The first-order chi connectivity index (χ1) is 13.6. The highest BCUT2D eigenvalue weighted by Crippen LogP contribution is 2.07. The maximum absolute atomic E-state index is 13.1. The molecule has 150 valence electrons. The molecule has 0 atom stereocenters. The van der Waals surface area contributed by atoms with E-state index in [1.165, 1.54) is 36.4 Å². The van der Waals surface area contributed by atoms with E-state index in [1.807, 2.05) is 0 Å². The zero-order valence-corrected chi connectivity index (χ0v) is 15.8. The minimum Gasteiger partial charge on any atom is -0.352 e. The Balaban J connectivity index is 1.45. The van der Waals surface area contributed by atoms with E-state index in [0.717, 1.165) is 38.5 Å². The van der Waals surface area contributed by atoms with Crippen LogP contribution >= 0.6 is 0 Å². The lowest BCUT2D eigenvalue weighted by Crippen LogP contribution is -2.24. The zero-order valence-electron chi connectivity index (χ0n) is 15.8. The highest BCUT2D eigenvalue weighted by molar-refractivity contribution is 5.94. The van der Waals surface area contributed by atoms with Crippen molar-refractivity contribution in [2.24, 2.45) is 0 Å². The minimum atomic E-state index is -0.417. The maximum atomic E-state index is 13.1. The Morgan fingerprint density at radius 3 is 1.43 bits per heavy atom. The van der Waals surface area contributed by atoms with Crippen molar-refractivity contribution in [2.75, 3.05) is 13.1 Å². The highest BCUT2D eigenvalue weighted by Gasteiger charge is 2.06. The second kappa shape index (κ2) is 11.8. The smallest absolute Gasteiger partial charge is 0.251 e. The van der Waals surface area contributed by atoms with E-state index in [2.05, 4.69) is 10.6 Å². The molecule has 0 aliphatic rings. The van der Waals surface area contributed by atoms with Crippen LogP contribution in [0, 0.1) is 11.6 Å². The summed E-state index contributed by atoms with van der Waals surface area (Å²) in [5, 5.41) is 5.58. The molecule has 6 heteroatoms. The first-order valence-corrected chi connectivity index (χ1v) is 9.64. The fourth-order valence-electron chi connectivity index (χ4n) is 2.82. The Morgan fingerprint density at radius 2 is 1.04 bits per heavy atom. The van der Waals surface area contributed by atoms with Gasteiger partial charge in [-0.1, -0.05) is 37.8 Å². The van der Waals surface area contributed by atoms with Gasteiger partial charge in [0.2, 0.25) is 0 Å². The van der Waals surface area contributed by atoms with E-state index in [-0.39, 0.29) is 11.8 Å². The van der Waals surface area contributed by atoms with E-state index in [4.69, 9.17) is 0 Å². The van der Waals surface area contributed by atoms with Crippen molar-refractivity contribution in [1.82, 2.24) is 10.6 Å². The van der Waals surface area contributed by atoms with Gasteiger partial charge in [0.1, 0.15) is 11.6 Å². The van der Waals surface area contributed by atoms with Gasteiger partial charge in [-0.3, -0.25) is 9.59 Å². The summed E-state index contributed by atoms with van der Waals surface area (Å²) in [4.78, 5) is 23.7. The molecular weight excluding hydrogens is 362 g/mol. The third kappa shape index (κ3) is 7.86. The summed E-state index contributed by atoms with van der Waals surface area (Å²) < 4.78 is 26.1. The average Bonchev–Trinajstić information content (AvgIpc) is 2.69. The number of carbonyl (C=O) groups excluding carboxylic acids is 2. The van der Waals surface area contributed by atoms with Crippen LogP contribution in [0.15, 0.2) is 48.5 Å². The van der Waals surface area contributed by atoms with Crippen molar-refractivity contribution in [2.45, 2.75) is 38.5 Å². The summed E-state index contributed by atoms with van der Waals surface area (Å²) >= 11 is 0. The number of hydrogen-bond donors (Lipinski definition) is 2. The summed E-state index contributed by atoms with van der Waals surface area (Å²) in [6, 6.07) is 11.3. The largest absolute Gasteiger partial charge is 0.352 e. The van der Waals surface area contributed by atoms with Gasteiger partial charge >= 0.3 is 0 Å². The second-order valence-corrected chi connectivity index (χ2v) is 6.65. The second-order valence-electron chi connectivity index (χ2n) is 6.65. The Labute approximate surface area is 164 Å². The van der Waals surface area contributed by atoms with Crippen LogP contribution in [0.3, 0.4) is 0 Å². The molecule has 2 rings (SSSR count). The summed E-state index contributed by atoms with van der Waals surface area (Å²) in [7, 11) is 0. The number of rotatable bonds is 11. The average molecular weight is 388 g/mol. The van der Waals surface area contributed by atoms with E-state index in [1.54, 1.807) is 12.1 Å². The van der Waals surface area contributed by atoms with E-state index in [9.17, 15) is 18.4 Å². The Kier molecular flexibility index (Phi) is 9.11. The molecule has 0 aromatic heterocycles. The first kappa shape index (κ1) is 21.5. The predicted molar refractivity (Wildman–Crippen MR) is 105 cm³/mol. The molecule has 0 aliphatic heterocycles. The van der Waals surface area contributed by atoms with Crippen LogP contribution in [0.1, 0.15) is 59.2 Å². The fourth-order valence-corrected chi connectivity index (χ4v) is 2.82. The summed E-state index contributed by atoms with van der Waals surface area (Å²) in [6.07, 6.45) is 5.84. The molecule has 0 saturated heterocycles. The van der Waals surface area contributed by atoms with Gasteiger partial charge in [0.15, 0.2) is 0 Å². The molecule has 2 amide bonds. The highest BCUT2D eigenvalue weighted by atomic mass is 19.1. The van der Waals surface area contributed by atoms with Gasteiger partial charge in [-0.2, -0.15) is 0 Å². The molecule has 2 N–H and O–H groups in total. The monoisotopic (exact) mass is 388 g/mol. The van der Waals surface area contributed by atoms with Crippen LogP contribution in [-0.2, 0) is 0 Å². The fraction of sp³-hybridized carbons (Fsp3) is 0.364. The lowest BCUT2D eigenvalue weighted by Gasteiger charge is -2.06. The van der Waals surface area contributed by atoms with Gasteiger partial charge in [-0.25, -0.2) is 8.78 Å². The summed E-state index contributed by atoms with van der Waals surface area (Å²) in [6.45, 7) is 1.14. The molecule has 0 fully saturated rings. The van der Waals surface area contributed by atoms with Crippen LogP contribution < -0.4 is 10.6 Å². The van der Waals surface area contributed by atoms with Crippen LogP contribution in [0.25, 0.3) is 0 Å². The maximum Gasteiger partial charge on any atom is 0.251 e. The van der Waals surface area contributed by atoms with E-state index < -0.39 is 11.6 Å². The number of benzene rings is 2. The molecule has 28 heavy (non-hydrogen) atoms. The Morgan fingerprint density at radius 1 is 0.643 bits per heavy atom. The SMILES string of the molecule is O=C(NCCCCCCCCNC(=O)c1cccc(F)c1)c1cccc(F)c1. The van der Waals surface area contributed by atoms with E-state index >= 15 is 0 Å². The molecule has 4 nitrogen and oxygen atoms in total. The molecule has 0 bridgehead atoms. The van der Waals surface area contributed by atoms with Gasteiger partial charge in [-0.05, 0) is 49.2 Å². The summed E-state index contributed by atoms with van der Waals surface area (Å²) in [5.74, 6) is -1.35. The lowest BCUT2D eigenvalue weighted by atomic mass is 10.1. The van der Waals surface area contributed by atoms with Crippen molar-refractivity contribution in [3.63, 3.8) is 0 Å². The predicted octanol–water partition coefficient (Wildman–Crippen LogP) is 4.47. The Bertz CT molecular complexity index is 715. The molecular formula is C22H26F2N2O2. The number of unbranched alkanes of at least 4 members (excludes halogenated alkanes) is 5. The van der Waals surface area contributed by atoms with Gasteiger partial charge in [0.25, 0.3) is 11.8 Å². The number of amides is 2. The van der Waals surface area contributed by atoms with Gasteiger partial charge < -0.3 is 10.6 Å². The van der Waals surface area contributed by atoms with Crippen molar-refractivity contribution in [1.29, 1.82) is 0 Å². The lowest BCUT2D eigenvalue weighted by molar-refractivity contribution is 0.0944. The molecule has 0 heterocycles. The number of halogens is 2. The minimum absolute atomic E-state index is 0.256. The van der Waals surface area contributed by atoms with Gasteiger partial charge in [-0.15, -0.1) is 0 Å². The van der Waals surface area contributed by atoms with Gasteiger partial charge in [0.05, 0.1) is 0 Å². The molecule has 0 unspecified atom stereocenters. The molecule has 0 radical (unpaired) electrons. The van der Waals surface area contributed by atoms with E-state index in [0.29, 0.717) is 24.2 Å². The number of nitrogens with one attached hydrogen (secondary N) is 2. The van der Waals surface area contributed by atoms with Crippen molar-refractivity contribution >= 4 is 11.8 Å².